The van der Waals surface area contributed by atoms with Crippen LogP contribution in [-0.4, -0.2) is 78.7 Å². The number of benzene rings is 2. The Balaban J connectivity index is 1.76. The number of aliphatic hydroxyl groups is 4. The predicted octanol–water partition coefficient (Wildman–Crippen LogP) is -0.390. The topological polar surface area (TPSA) is 200 Å². The Morgan fingerprint density at radius 1 is 1.03 bits per heavy atom. The lowest BCUT2D eigenvalue weighted by atomic mass is 9.99. The SMILES string of the molecule is O=C(Cc1ccc([N+](=O)[O-])cc1)c1c(O)cc(O[C@@H]2O[C@H](CO)[C@@H](O)[C@H](O)[C@H]2O)cc1O. The minimum atomic E-state index is -1.71. The van der Waals surface area contributed by atoms with Gasteiger partial charge >= 0.3 is 0 Å². The number of nitrogens with zero attached hydrogens (tertiary/aromatic N) is 1. The van der Waals surface area contributed by atoms with E-state index in [2.05, 4.69) is 0 Å². The number of phenols is 2. The second-order valence-electron chi connectivity index (χ2n) is 7.18. The van der Waals surface area contributed by atoms with E-state index in [-0.39, 0.29) is 17.9 Å². The summed E-state index contributed by atoms with van der Waals surface area (Å²) in [5, 5.41) is 70.0. The molecule has 2 aromatic rings. The fourth-order valence-corrected chi connectivity index (χ4v) is 3.25. The summed E-state index contributed by atoms with van der Waals surface area (Å²) in [6.45, 7) is -0.669. The van der Waals surface area contributed by atoms with Crippen LogP contribution in [0, 0.1) is 10.1 Å². The molecule has 12 nitrogen and oxygen atoms in total. The summed E-state index contributed by atoms with van der Waals surface area (Å²) < 4.78 is 10.5. The van der Waals surface area contributed by atoms with Gasteiger partial charge in [0.25, 0.3) is 5.69 Å². The van der Waals surface area contributed by atoms with Crippen molar-refractivity contribution < 1.29 is 49.8 Å². The van der Waals surface area contributed by atoms with Crippen molar-refractivity contribution in [3.63, 3.8) is 0 Å². The molecule has 5 atom stereocenters. The molecule has 1 saturated heterocycles. The summed E-state index contributed by atoms with van der Waals surface area (Å²) in [6.07, 6.45) is -8.01. The Kier molecular flexibility index (Phi) is 6.91. The van der Waals surface area contributed by atoms with Crippen LogP contribution in [0.1, 0.15) is 15.9 Å². The fraction of sp³-hybridized carbons (Fsp3) is 0.350. The third kappa shape index (κ3) is 4.79. The van der Waals surface area contributed by atoms with Gasteiger partial charge in [-0.3, -0.25) is 14.9 Å². The van der Waals surface area contributed by atoms with Crippen molar-refractivity contribution in [3.05, 3.63) is 57.6 Å². The fourth-order valence-electron chi connectivity index (χ4n) is 3.25. The van der Waals surface area contributed by atoms with Gasteiger partial charge in [-0.15, -0.1) is 0 Å². The molecule has 32 heavy (non-hydrogen) atoms. The molecule has 6 N–H and O–H groups in total. The van der Waals surface area contributed by atoms with Crippen molar-refractivity contribution >= 4 is 11.5 Å². The van der Waals surface area contributed by atoms with Crippen LogP contribution in [-0.2, 0) is 11.2 Å². The second kappa shape index (κ2) is 9.46. The average molecular weight is 451 g/mol. The number of aromatic hydroxyl groups is 2. The maximum absolute atomic E-state index is 12.5. The first-order chi connectivity index (χ1) is 15.1. The quantitative estimate of drug-likeness (QED) is 0.182. The molecule has 1 aliphatic heterocycles. The number of ether oxygens (including phenoxy) is 2. The molecule has 0 radical (unpaired) electrons. The van der Waals surface area contributed by atoms with Gasteiger partial charge in [0, 0.05) is 30.7 Å². The van der Waals surface area contributed by atoms with E-state index in [1.165, 1.54) is 24.3 Å². The molecule has 172 valence electrons. The van der Waals surface area contributed by atoms with Gasteiger partial charge in [0.15, 0.2) is 5.78 Å². The molecule has 2 aromatic carbocycles. The van der Waals surface area contributed by atoms with Crippen LogP contribution in [0.2, 0.25) is 0 Å². The van der Waals surface area contributed by atoms with Crippen LogP contribution in [0.4, 0.5) is 5.69 Å². The van der Waals surface area contributed by atoms with Crippen molar-refractivity contribution in [2.45, 2.75) is 37.1 Å². The first-order valence-electron chi connectivity index (χ1n) is 9.42. The maximum atomic E-state index is 12.5. The molecule has 1 fully saturated rings. The van der Waals surface area contributed by atoms with Crippen molar-refractivity contribution in [1.82, 2.24) is 0 Å². The Bertz CT molecular complexity index is 969. The van der Waals surface area contributed by atoms with Gasteiger partial charge in [-0.2, -0.15) is 0 Å². The summed E-state index contributed by atoms with van der Waals surface area (Å²) in [6, 6.07) is 7.15. The van der Waals surface area contributed by atoms with Gasteiger partial charge in [-0.1, -0.05) is 12.1 Å². The number of carbonyl (C=O) groups excluding carboxylic acids is 1. The molecule has 1 heterocycles. The number of hydrogen-bond donors (Lipinski definition) is 6. The molecule has 0 aliphatic carbocycles. The monoisotopic (exact) mass is 451 g/mol. The second-order valence-corrected chi connectivity index (χ2v) is 7.18. The van der Waals surface area contributed by atoms with Crippen LogP contribution in [0.25, 0.3) is 0 Å². The summed E-state index contributed by atoms with van der Waals surface area (Å²) in [4.78, 5) is 22.7. The number of ketones is 1. The molecular weight excluding hydrogens is 430 g/mol. The van der Waals surface area contributed by atoms with E-state index in [0.29, 0.717) is 5.56 Å². The van der Waals surface area contributed by atoms with E-state index in [4.69, 9.17) is 9.47 Å². The first-order valence-corrected chi connectivity index (χ1v) is 9.42. The molecule has 0 unspecified atom stereocenters. The highest BCUT2D eigenvalue weighted by Crippen LogP contribution is 2.35. The summed E-state index contributed by atoms with van der Waals surface area (Å²) in [7, 11) is 0. The van der Waals surface area contributed by atoms with Crippen molar-refractivity contribution in [2.24, 2.45) is 0 Å². The number of phenolic OH excluding ortho intramolecular Hbond substituents is 2. The van der Waals surface area contributed by atoms with E-state index in [9.17, 15) is 45.5 Å². The van der Waals surface area contributed by atoms with Crippen LogP contribution >= 0.6 is 0 Å². The number of aliphatic hydroxyl groups excluding tert-OH is 4. The summed E-state index contributed by atoms with van der Waals surface area (Å²) in [5.41, 5.74) is -0.146. The molecule has 0 bridgehead atoms. The summed E-state index contributed by atoms with van der Waals surface area (Å²) >= 11 is 0. The minimum absolute atomic E-state index is 0.151. The van der Waals surface area contributed by atoms with E-state index in [0.717, 1.165) is 12.1 Å². The van der Waals surface area contributed by atoms with Crippen LogP contribution in [0.5, 0.6) is 17.2 Å². The summed E-state index contributed by atoms with van der Waals surface area (Å²) in [5.74, 6) is -2.18. The number of carbonyl (C=O) groups is 1. The highest BCUT2D eigenvalue weighted by Gasteiger charge is 2.44. The molecule has 0 saturated carbocycles. The Morgan fingerprint density at radius 3 is 2.16 bits per heavy atom. The van der Waals surface area contributed by atoms with Crippen molar-refractivity contribution in [2.75, 3.05) is 6.61 Å². The van der Waals surface area contributed by atoms with Gasteiger partial charge < -0.3 is 40.1 Å². The Morgan fingerprint density at radius 2 is 1.62 bits per heavy atom. The maximum Gasteiger partial charge on any atom is 0.269 e. The van der Waals surface area contributed by atoms with Crippen LogP contribution < -0.4 is 4.74 Å². The Hall–Kier alpha value is -3.29. The zero-order valence-corrected chi connectivity index (χ0v) is 16.4. The van der Waals surface area contributed by atoms with Gasteiger partial charge in [0.05, 0.1) is 11.5 Å². The van der Waals surface area contributed by atoms with Crippen LogP contribution in [0.3, 0.4) is 0 Å². The lowest BCUT2D eigenvalue weighted by Crippen LogP contribution is -2.60. The predicted molar refractivity (Wildman–Crippen MR) is 105 cm³/mol. The van der Waals surface area contributed by atoms with E-state index in [1.807, 2.05) is 0 Å². The lowest BCUT2D eigenvalue weighted by Gasteiger charge is -2.39. The van der Waals surface area contributed by atoms with Crippen molar-refractivity contribution in [3.8, 4) is 17.2 Å². The van der Waals surface area contributed by atoms with Gasteiger partial charge in [-0.05, 0) is 5.56 Å². The first kappa shape index (κ1) is 23.4. The third-order valence-corrected chi connectivity index (χ3v) is 4.96. The number of rotatable bonds is 7. The van der Waals surface area contributed by atoms with Gasteiger partial charge in [0.1, 0.15) is 47.2 Å². The van der Waals surface area contributed by atoms with Crippen molar-refractivity contribution in [1.29, 1.82) is 0 Å². The smallest absolute Gasteiger partial charge is 0.269 e. The van der Waals surface area contributed by atoms with E-state index < -0.39 is 65.1 Å². The number of nitro groups is 1. The molecule has 0 spiro atoms. The molecule has 3 rings (SSSR count). The van der Waals surface area contributed by atoms with Gasteiger partial charge in [0.2, 0.25) is 6.29 Å². The number of non-ortho nitro benzene ring substituents is 1. The minimum Gasteiger partial charge on any atom is -0.507 e. The zero-order valence-electron chi connectivity index (χ0n) is 16.4. The van der Waals surface area contributed by atoms with Gasteiger partial charge in [-0.25, -0.2) is 0 Å². The standard InChI is InChI=1S/C20H21NO11/c22-8-15-17(26)18(27)19(28)20(32-15)31-11-6-13(24)16(14(25)7-11)12(23)5-9-1-3-10(4-2-9)21(29)30/h1-4,6-7,15,17-20,22,24-28H,5,8H2/t15-,17-,18+,19-,20-/m1/s1. The lowest BCUT2D eigenvalue weighted by molar-refractivity contribution is -0.384. The average Bonchev–Trinajstić information content (AvgIpc) is 2.74. The highest BCUT2D eigenvalue weighted by atomic mass is 16.7. The number of nitro benzene ring substituents is 1. The zero-order chi connectivity index (χ0) is 23.6. The molecular formula is C20H21NO11. The molecule has 1 aliphatic rings. The molecule has 12 heteroatoms. The van der Waals surface area contributed by atoms with Crippen LogP contribution in [0.15, 0.2) is 36.4 Å². The normalized spacial score (nSPS) is 25.3. The Labute approximate surface area is 180 Å². The van der Waals surface area contributed by atoms with E-state index >= 15 is 0 Å². The molecule has 0 amide bonds. The number of hydrogen-bond acceptors (Lipinski definition) is 11. The third-order valence-electron chi connectivity index (χ3n) is 4.96. The highest BCUT2D eigenvalue weighted by molar-refractivity contribution is 6.02. The number of Topliss-reactive ketones (excluding diaryl/α,β-unsaturated/α-hetero) is 1. The van der Waals surface area contributed by atoms with E-state index in [1.54, 1.807) is 0 Å². The molecule has 0 aromatic heterocycles. The largest absolute Gasteiger partial charge is 0.507 e.